The van der Waals surface area contributed by atoms with Crippen molar-refractivity contribution in [3.05, 3.63) is 48.5 Å². The quantitative estimate of drug-likeness (QED) is 0.428. The Kier molecular flexibility index (Phi) is 4.95. The normalized spacial score (nSPS) is 12.0. The van der Waals surface area contributed by atoms with Gasteiger partial charge in [0.1, 0.15) is 5.75 Å². The fourth-order valence-corrected chi connectivity index (χ4v) is 3.07. The first kappa shape index (κ1) is 17.3. The van der Waals surface area contributed by atoms with E-state index in [-0.39, 0.29) is 16.3 Å². The summed E-state index contributed by atoms with van der Waals surface area (Å²) in [5.74, 6) is -0.440. The van der Waals surface area contributed by atoms with E-state index in [1.54, 1.807) is 18.2 Å². The second-order valence-corrected chi connectivity index (χ2v) is 6.85. The molecule has 0 spiro atoms. The maximum absolute atomic E-state index is 12.2. The third-order valence-electron chi connectivity index (χ3n) is 2.58. The first-order valence-corrected chi connectivity index (χ1v) is 8.39. The van der Waals surface area contributed by atoms with E-state index in [1.807, 2.05) is 4.72 Å². The fraction of sp³-hybridized carbons (Fsp3) is 0.0769. The summed E-state index contributed by atoms with van der Waals surface area (Å²) < 4.78 is 64.9. The van der Waals surface area contributed by atoms with E-state index in [0.29, 0.717) is 0 Å². The fourth-order valence-electron chi connectivity index (χ4n) is 1.61. The van der Waals surface area contributed by atoms with Gasteiger partial charge in [0.25, 0.3) is 10.0 Å². The lowest BCUT2D eigenvalue weighted by Crippen LogP contribution is -2.13. The second kappa shape index (κ2) is 6.59. The lowest BCUT2D eigenvalue weighted by atomic mass is 10.3. The number of aromatic hydroxyl groups is 1. The Morgan fingerprint density at radius 3 is 2.30 bits per heavy atom. The molecule has 0 radical (unpaired) electrons. The summed E-state index contributed by atoms with van der Waals surface area (Å²) in [6.45, 7) is 0. The minimum atomic E-state index is -4.55. The monoisotopic (exact) mass is 364 g/mol. The zero-order valence-electron chi connectivity index (χ0n) is 11.3. The molecule has 0 fully saturated rings. The van der Waals surface area contributed by atoms with Crippen LogP contribution in [0.3, 0.4) is 0 Å². The van der Waals surface area contributed by atoms with Crippen molar-refractivity contribution in [2.75, 3.05) is 9.44 Å². The number of benzene rings is 2. The number of hydrogen-bond donors (Lipinski definition) is 3. The molecular formula is C13H11F3N2O3S2. The highest BCUT2D eigenvalue weighted by Crippen LogP contribution is 2.35. The average Bonchev–Trinajstić information content (AvgIpc) is 2.47. The van der Waals surface area contributed by atoms with Crippen LogP contribution in [0.15, 0.2) is 53.4 Å². The Bertz CT molecular complexity index is 781. The summed E-state index contributed by atoms with van der Waals surface area (Å²) in [7, 11) is -3.87. The molecule has 2 aromatic rings. The van der Waals surface area contributed by atoms with Crippen LogP contribution in [0, 0.1) is 0 Å². The van der Waals surface area contributed by atoms with Crippen LogP contribution in [0.25, 0.3) is 0 Å². The van der Waals surface area contributed by atoms with E-state index >= 15 is 0 Å². The zero-order valence-corrected chi connectivity index (χ0v) is 13.0. The van der Waals surface area contributed by atoms with Crippen molar-refractivity contribution in [3.63, 3.8) is 0 Å². The largest absolute Gasteiger partial charge is 0.506 e. The predicted octanol–water partition coefficient (Wildman–Crippen LogP) is 3.77. The Morgan fingerprint density at radius 2 is 1.70 bits per heavy atom. The van der Waals surface area contributed by atoms with Crippen molar-refractivity contribution in [1.29, 1.82) is 0 Å². The third-order valence-corrected chi connectivity index (χ3v) is 4.53. The molecule has 0 unspecified atom stereocenters. The van der Waals surface area contributed by atoms with Gasteiger partial charge >= 0.3 is 5.51 Å². The summed E-state index contributed by atoms with van der Waals surface area (Å²) in [5.41, 5.74) is -4.80. The number of rotatable bonds is 5. The minimum Gasteiger partial charge on any atom is -0.506 e. The SMILES string of the molecule is O=S(=O)(Nc1ccc(O)c(NSC(F)(F)F)c1)c1ccccc1. The van der Waals surface area contributed by atoms with Gasteiger partial charge in [-0.25, -0.2) is 8.42 Å². The smallest absolute Gasteiger partial charge is 0.461 e. The highest BCUT2D eigenvalue weighted by atomic mass is 32.2. The Labute approximate surface area is 134 Å². The second-order valence-electron chi connectivity index (χ2n) is 4.30. The summed E-state index contributed by atoms with van der Waals surface area (Å²) in [4.78, 5) is 0.00671. The maximum Gasteiger partial charge on any atom is 0.461 e. The summed E-state index contributed by atoms with van der Waals surface area (Å²) in [6.07, 6.45) is 0. The molecule has 0 heterocycles. The van der Waals surface area contributed by atoms with Gasteiger partial charge in [0.15, 0.2) is 0 Å². The van der Waals surface area contributed by atoms with Gasteiger partial charge in [0.2, 0.25) is 0 Å². The lowest BCUT2D eigenvalue weighted by Gasteiger charge is -2.12. The van der Waals surface area contributed by atoms with Gasteiger partial charge in [-0.15, -0.1) is 0 Å². The Morgan fingerprint density at radius 1 is 1.04 bits per heavy atom. The van der Waals surface area contributed by atoms with Crippen LogP contribution in [0.5, 0.6) is 5.75 Å². The molecule has 0 aliphatic rings. The van der Waals surface area contributed by atoms with Gasteiger partial charge in [0, 0.05) is 0 Å². The van der Waals surface area contributed by atoms with Gasteiger partial charge in [-0.2, -0.15) is 13.2 Å². The average molecular weight is 364 g/mol. The first-order chi connectivity index (χ1) is 10.7. The van der Waals surface area contributed by atoms with Crippen molar-refractivity contribution in [2.24, 2.45) is 0 Å². The van der Waals surface area contributed by atoms with E-state index < -0.39 is 33.2 Å². The molecule has 2 rings (SSSR count). The molecule has 0 saturated heterocycles. The summed E-state index contributed by atoms with van der Waals surface area (Å²) >= 11 is -0.563. The van der Waals surface area contributed by atoms with E-state index in [1.165, 1.54) is 18.2 Å². The van der Waals surface area contributed by atoms with Crippen molar-refractivity contribution < 1.29 is 26.7 Å². The maximum atomic E-state index is 12.2. The molecule has 0 bridgehead atoms. The first-order valence-electron chi connectivity index (χ1n) is 6.09. The van der Waals surface area contributed by atoms with Crippen LogP contribution in [0.4, 0.5) is 24.5 Å². The van der Waals surface area contributed by atoms with E-state index in [0.717, 1.165) is 12.1 Å². The van der Waals surface area contributed by atoms with E-state index in [4.69, 9.17) is 0 Å². The molecule has 0 saturated carbocycles. The minimum absolute atomic E-state index is 0.00671. The summed E-state index contributed by atoms with van der Waals surface area (Å²) in [6, 6.07) is 10.9. The molecule has 0 atom stereocenters. The van der Waals surface area contributed by atoms with E-state index in [2.05, 4.69) is 4.72 Å². The van der Waals surface area contributed by atoms with Gasteiger partial charge in [-0.05, 0) is 30.3 Å². The number of nitrogens with one attached hydrogen (secondary N) is 2. The molecule has 0 aliphatic heterocycles. The van der Waals surface area contributed by atoms with Gasteiger partial charge in [-0.3, -0.25) is 4.72 Å². The molecule has 0 amide bonds. The van der Waals surface area contributed by atoms with Crippen LogP contribution in [-0.2, 0) is 10.0 Å². The Hall–Kier alpha value is -2.07. The number of phenols is 1. The van der Waals surface area contributed by atoms with Crippen LogP contribution >= 0.6 is 11.9 Å². The van der Waals surface area contributed by atoms with Gasteiger partial charge < -0.3 is 9.83 Å². The number of sulfonamides is 1. The third kappa shape index (κ3) is 4.96. The summed E-state index contributed by atoms with van der Waals surface area (Å²) in [5, 5.41) is 9.53. The van der Waals surface area contributed by atoms with Crippen LogP contribution < -0.4 is 9.44 Å². The van der Waals surface area contributed by atoms with Crippen LogP contribution in [0.2, 0.25) is 0 Å². The van der Waals surface area contributed by atoms with E-state index in [9.17, 15) is 26.7 Å². The van der Waals surface area contributed by atoms with Crippen LogP contribution in [0.1, 0.15) is 0 Å². The van der Waals surface area contributed by atoms with Crippen molar-refractivity contribution in [3.8, 4) is 5.75 Å². The van der Waals surface area contributed by atoms with Crippen molar-refractivity contribution >= 4 is 33.3 Å². The number of hydrogen-bond acceptors (Lipinski definition) is 5. The van der Waals surface area contributed by atoms with Crippen molar-refractivity contribution in [1.82, 2.24) is 0 Å². The number of alkyl halides is 3. The molecule has 23 heavy (non-hydrogen) atoms. The number of phenolic OH excluding ortho intramolecular Hbond substituents is 1. The molecule has 10 heteroatoms. The molecule has 5 nitrogen and oxygen atoms in total. The molecule has 0 aliphatic carbocycles. The molecule has 0 aromatic heterocycles. The molecule has 124 valence electrons. The van der Waals surface area contributed by atoms with Gasteiger partial charge in [-0.1, -0.05) is 18.2 Å². The van der Waals surface area contributed by atoms with Crippen molar-refractivity contribution in [2.45, 2.75) is 10.4 Å². The van der Waals surface area contributed by atoms with Gasteiger partial charge in [0.05, 0.1) is 28.2 Å². The molecule has 3 N–H and O–H groups in total. The topological polar surface area (TPSA) is 78.4 Å². The lowest BCUT2D eigenvalue weighted by molar-refractivity contribution is -0.0323. The Balaban J connectivity index is 2.21. The number of anilines is 2. The molecule has 2 aromatic carbocycles. The molecular weight excluding hydrogens is 353 g/mol. The standard InChI is InChI=1S/C13H11F3N2O3S2/c14-13(15,16)22-17-11-8-9(6-7-12(11)19)18-23(20,21)10-4-2-1-3-5-10/h1-8,17-19H. The zero-order chi connectivity index (χ0) is 17.1. The van der Waals surface area contributed by atoms with Crippen LogP contribution in [-0.4, -0.2) is 19.0 Å². The predicted molar refractivity (Wildman–Crippen MR) is 82.6 cm³/mol. The number of halogens is 3. The highest BCUT2D eigenvalue weighted by molar-refractivity contribution is 8.01. The highest BCUT2D eigenvalue weighted by Gasteiger charge is 2.29.